The fraction of sp³-hybridized carbons (Fsp3) is 0.500. The van der Waals surface area contributed by atoms with Gasteiger partial charge in [0.2, 0.25) is 5.91 Å². The number of carbonyl (C=O) groups is 1. The quantitative estimate of drug-likeness (QED) is 0.892. The van der Waals surface area contributed by atoms with Gasteiger partial charge >= 0.3 is 0 Å². The molecule has 2 rings (SSSR count). The molecule has 1 saturated heterocycles. The first-order valence-corrected chi connectivity index (χ1v) is 7.35. The molecule has 2 unspecified atom stereocenters. The zero-order chi connectivity index (χ0) is 13.8. The molecule has 0 radical (unpaired) electrons. The van der Waals surface area contributed by atoms with Crippen molar-refractivity contribution >= 4 is 27.5 Å². The van der Waals surface area contributed by atoms with Gasteiger partial charge in [-0.25, -0.2) is 0 Å². The van der Waals surface area contributed by atoms with Crippen molar-refractivity contribution in [1.29, 1.82) is 0 Å². The van der Waals surface area contributed by atoms with Crippen LogP contribution in [0.15, 0.2) is 28.7 Å². The highest BCUT2D eigenvalue weighted by atomic mass is 79.9. The van der Waals surface area contributed by atoms with Crippen molar-refractivity contribution < 1.29 is 9.90 Å². The van der Waals surface area contributed by atoms with Gasteiger partial charge in [0.25, 0.3) is 0 Å². The fourth-order valence-electron chi connectivity index (χ4n) is 2.53. The Balaban J connectivity index is 2.34. The van der Waals surface area contributed by atoms with Crippen molar-refractivity contribution in [2.45, 2.75) is 31.8 Å². The molecular weight excluding hydrogens is 308 g/mol. The number of benzene rings is 1. The molecule has 0 saturated carbocycles. The Morgan fingerprint density at radius 2 is 2.11 bits per heavy atom. The Morgan fingerprint density at radius 1 is 1.42 bits per heavy atom. The van der Waals surface area contributed by atoms with Crippen LogP contribution in [0.2, 0.25) is 0 Å². The van der Waals surface area contributed by atoms with Crippen LogP contribution in [0.25, 0.3) is 0 Å². The van der Waals surface area contributed by atoms with E-state index in [9.17, 15) is 9.90 Å². The molecule has 1 aromatic carbocycles. The Hall–Kier alpha value is -1.07. The fourth-order valence-corrected chi connectivity index (χ4v) is 2.80. The van der Waals surface area contributed by atoms with E-state index in [1.807, 2.05) is 24.3 Å². The van der Waals surface area contributed by atoms with Gasteiger partial charge in [0, 0.05) is 29.4 Å². The summed E-state index contributed by atoms with van der Waals surface area (Å²) in [5.41, 5.74) is 1.02. The lowest BCUT2D eigenvalue weighted by atomic mass is 10.1. The Morgan fingerprint density at radius 3 is 2.74 bits per heavy atom. The number of halogens is 1. The van der Waals surface area contributed by atoms with Crippen LogP contribution >= 0.6 is 15.9 Å². The van der Waals surface area contributed by atoms with Crippen molar-refractivity contribution in [1.82, 2.24) is 5.32 Å². The molecule has 0 bridgehead atoms. The summed E-state index contributed by atoms with van der Waals surface area (Å²) in [4.78, 5) is 14.2. The molecule has 1 aromatic rings. The zero-order valence-corrected chi connectivity index (χ0v) is 12.6. The first-order chi connectivity index (χ1) is 9.13. The van der Waals surface area contributed by atoms with Gasteiger partial charge in [-0.1, -0.05) is 15.9 Å². The minimum atomic E-state index is -0.302. The van der Waals surface area contributed by atoms with E-state index in [0.29, 0.717) is 13.0 Å². The first kappa shape index (κ1) is 14.3. The number of anilines is 1. The van der Waals surface area contributed by atoms with E-state index in [2.05, 4.69) is 33.1 Å². The standard InChI is InChI=1S/C14H19BrN2O2/c1-10-6-8-16-14(19)13(7-9-18)17(10)12-4-2-11(15)3-5-12/h2-5,10,13,18H,6-9H2,1H3,(H,16,19). The number of hydrogen-bond acceptors (Lipinski definition) is 3. The maximum Gasteiger partial charge on any atom is 0.242 e. The van der Waals surface area contributed by atoms with Crippen LogP contribution < -0.4 is 10.2 Å². The van der Waals surface area contributed by atoms with Crippen molar-refractivity contribution in [2.75, 3.05) is 18.1 Å². The number of aliphatic hydroxyl groups is 1. The molecule has 1 fully saturated rings. The number of carbonyl (C=O) groups excluding carboxylic acids is 1. The van der Waals surface area contributed by atoms with E-state index in [1.54, 1.807) is 0 Å². The lowest BCUT2D eigenvalue weighted by Crippen LogP contribution is -2.47. The summed E-state index contributed by atoms with van der Waals surface area (Å²) < 4.78 is 1.02. The van der Waals surface area contributed by atoms with Gasteiger partial charge in [-0.05, 0) is 44.0 Å². The lowest BCUT2D eigenvalue weighted by Gasteiger charge is -2.35. The molecule has 19 heavy (non-hydrogen) atoms. The molecule has 0 aromatic heterocycles. The van der Waals surface area contributed by atoms with E-state index in [4.69, 9.17) is 0 Å². The van der Waals surface area contributed by atoms with Crippen molar-refractivity contribution in [3.63, 3.8) is 0 Å². The third kappa shape index (κ3) is 3.28. The number of hydrogen-bond donors (Lipinski definition) is 2. The molecule has 4 nitrogen and oxygen atoms in total. The Labute approximate surface area is 121 Å². The second kappa shape index (κ2) is 6.39. The van der Waals surface area contributed by atoms with Crippen molar-refractivity contribution in [3.8, 4) is 0 Å². The number of amides is 1. The smallest absolute Gasteiger partial charge is 0.242 e. The van der Waals surface area contributed by atoms with Crippen LogP contribution in [0.5, 0.6) is 0 Å². The second-order valence-electron chi connectivity index (χ2n) is 4.84. The molecular formula is C14H19BrN2O2. The summed E-state index contributed by atoms with van der Waals surface area (Å²) in [5, 5.41) is 12.1. The highest BCUT2D eigenvalue weighted by molar-refractivity contribution is 9.10. The summed E-state index contributed by atoms with van der Waals surface area (Å²) in [7, 11) is 0. The average molecular weight is 327 g/mol. The van der Waals surface area contributed by atoms with Crippen LogP contribution in [0.3, 0.4) is 0 Å². The summed E-state index contributed by atoms with van der Waals surface area (Å²) in [6.45, 7) is 2.82. The number of rotatable bonds is 3. The van der Waals surface area contributed by atoms with Gasteiger partial charge in [0.1, 0.15) is 6.04 Å². The molecule has 1 aliphatic heterocycles. The van der Waals surface area contributed by atoms with Gasteiger partial charge in [0.15, 0.2) is 0 Å². The largest absolute Gasteiger partial charge is 0.396 e. The molecule has 2 atom stereocenters. The zero-order valence-electron chi connectivity index (χ0n) is 11.0. The van der Waals surface area contributed by atoms with Gasteiger partial charge in [-0.15, -0.1) is 0 Å². The molecule has 1 heterocycles. The maximum absolute atomic E-state index is 12.1. The van der Waals surface area contributed by atoms with Gasteiger partial charge in [-0.3, -0.25) is 4.79 Å². The van der Waals surface area contributed by atoms with Gasteiger partial charge in [-0.2, -0.15) is 0 Å². The molecule has 0 aliphatic carbocycles. The maximum atomic E-state index is 12.1. The Kier molecular flexibility index (Phi) is 4.82. The van der Waals surface area contributed by atoms with Crippen molar-refractivity contribution in [2.24, 2.45) is 0 Å². The summed E-state index contributed by atoms with van der Waals surface area (Å²) in [6, 6.07) is 7.91. The molecule has 5 heteroatoms. The molecule has 2 N–H and O–H groups in total. The number of nitrogens with one attached hydrogen (secondary N) is 1. The highest BCUT2D eigenvalue weighted by Crippen LogP contribution is 2.26. The van der Waals surface area contributed by atoms with E-state index in [-0.39, 0.29) is 24.6 Å². The minimum absolute atomic E-state index is 0.00122. The van der Waals surface area contributed by atoms with Crippen LogP contribution in [0.4, 0.5) is 5.69 Å². The summed E-state index contributed by atoms with van der Waals surface area (Å²) in [5.74, 6) is 0.00122. The molecule has 1 aliphatic rings. The van der Waals surface area contributed by atoms with Gasteiger partial charge < -0.3 is 15.3 Å². The van der Waals surface area contributed by atoms with E-state index in [1.165, 1.54) is 0 Å². The van der Waals surface area contributed by atoms with Crippen molar-refractivity contribution in [3.05, 3.63) is 28.7 Å². The monoisotopic (exact) mass is 326 g/mol. The van der Waals surface area contributed by atoms with Crippen LogP contribution in [-0.4, -0.2) is 36.2 Å². The second-order valence-corrected chi connectivity index (χ2v) is 5.76. The predicted octanol–water partition coefficient (Wildman–Crippen LogP) is 1.91. The SMILES string of the molecule is CC1CCNC(=O)C(CCO)N1c1ccc(Br)cc1. The minimum Gasteiger partial charge on any atom is -0.396 e. The highest BCUT2D eigenvalue weighted by Gasteiger charge is 2.31. The molecule has 1 amide bonds. The average Bonchev–Trinajstić information content (AvgIpc) is 2.52. The van der Waals surface area contributed by atoms with E-state index < -0.39 is 0 Å². The Bertz CT molecular complexity index is 436. The van der Waals surface area contributed by atoms with E-state index >= 15 is 0 Å². The predicted molar refractivity (Wildman–Crippen MR) is 79.2 cm³/mol. The third-order valence-electron chi connectivity index (χ3n) is 3.50. The number of aliphatic hydroxyl groups excluding tert-OH is 1. The van der Waals surface area contributed by atoms with Crippen LogP contribution in [0, 0.1) is 0 Å². The summed E-state index contributed by atoms with van der Waals surface area (Å²) >= 11 is 3.42. The van der Waals surface area contributed by atoms with E-state index in [0.717, 1.165) is 16.6 Å². The van der Waals surface area contributed by atoms with Crippen LogP contribution in [-0.2, 0) is 4.79 Å². The number of nitrogens with zero attached hydrogens (tertiary/aromatic N) is 1. The normalized spacial score (nSPS) is 23.9. The summed E-state index contributed by atoms with van der Waals surface area (Å²) in [6.07, 6.45) is 1.36. The lowest BCUT2D eigenvalue weighted by molar-refractivity contribution is -0.122. The van der Waals surface area contributed by atoms with Gasteiger partial charge in [0.05, 0.1) is 0 Å². The topological polar surface area (TPSA) is 52.6 Å². The van der Waals surface area contributed by atoms with Crippen LogP contribution in [0.1, 0.15) is 19.8 Å². The molecule has 104 valence electrons. The first-order valence-electron chi connectivity index (χ1n) is 6.56. The third-order valence-corrected chi connectivity index (χ3v) is 4.03. The molecule has 0 spiro atoms.